The smallest absolute Gasteiger partial charge is 0.313 e. The van der Waals surface area contributed by atoms with Crippen molar-refractivity contribution < 1.29 is 4.74 Å². The van der Waals surface area contributed by atoms with Crippen molar-refractivity contribution in [2.45, 2.75) is 19.9 Å². The zero-order valence-corrected chi connectivity index (χ0v) is 11.2. The van der Waals surface area contributed by atoms with E-state index in [1.807, 2.05) is 6.92 Å². The third kappa shape index (κ3) is 3.06. The second-order valence-electron chi connectivity index (χ2n) is 4.02. The number of aromatic nitrogens is 2. The number of hydrogen-bond donors (Lipinski definition) is 1. The van der Waals surface area contributed by atoms with Crippen LogP contribution in [0.25, 0.3) is 0 Å². The molecular weight excluding hydrogens is 266 g/mol. The summed E-state index contributed by atoms with van der Waals surface area (Å²) in [6, 6.07) is 4.82. The van der Waals surface area contributed by atoms with Crippen LogP contribution >= 0.6 is 11.6 Å². The van der Waals surface area contributed by atoms with Gasteiger partial charge in [-0.05, 0) is 18.6 Å². The van der Waals surface area contributed by atoms with Gasteiger partial charge in [0.25, 0.3) is 5.88 Å². The summed E-state index contributed by atoms with van der Waals surface area (Å²) in [5, 5.41) is 0.481. The molecule has 0 radical (unpaired) electrons. The molecule has 0 aliphatic heterocycles. The molecule has 0 saturated carbocycles. The maximum absolute atomic E-state index is 12.1. The minimum Gasteiger partial charge on any atom is -0.432 e. The highest BCUT2D eigenvalue weighted by Gasteiger charge is 2.09. The van der Waals surface area contributed by atoms with Crippen LogP contribution in [0.5, 0.6) is 11.6 Å². The Hall–Kier alpha value is -2.01. The number of nitrogen functional groups attached to an aromatic ring is 1. The topological polar surface area (TPSA) is 70.1 Å². The molecule has 2 aromatic rings. The predicted octanol–water partition coefficient (Wildman–Crippen LogP) is 2.68. The zero-order chi connectivity index (χ0) is 13.8. The molecule has 0 fully saturated rings. The molecular formula is C13H14ClN3O2. The summed E-state index contributed by atoms with van der Waals surface area (Å²) in [6.07, 6.45) is 4.00. The first-order valence-electron chi connectivity index (χ1n) is 5.90. The van der Waals surface area contributed by atoms with Gasteiger partial charge in [0.15, 0.2) is 5.75 Å². The molecule has 6 heteroatoms. The van der Waals surface area contributed by atoms with E-state index in [4.69, 9.17) is 22.1 Å². The molecule has 0 bridgehead atoms. The number of hydrogen-bond acceptors (Lipinski definition) is 4. The summed E-state index contributed by atoms with van der Waals surface area (Å²) >= 11 is 5.86. The Labute approximate surface area is 115 Å². The van der Waals surface area contributed by atoms with E-state index in [1.54, 1.807) is 29.0 Å². The van der Waals surface area contributed by atoms with Crippen molar-refractivity contribution in [1.82, 2.24) is 9.55 Å². The summed E-state index contributed by atoms with van der Waals surface area (Å²) in [4.78, 5) is 16.0. The minimum absolute atomic E-state index is 0.00934. The van der Waals surface area contributed by atoms with Crippen LogP contribution in [0.2, 0.25) is 5.02 Å². The summed E-state index contributed by atoms with van der Waals surface area (Å²) in [7, 11) is 0. The average molecular weight is 280 g/mol. The molecule has 0 spiro atoms. The summed E-state index contributed by atoms with van der Waals surface area (Å²) in [5.41, 5.74) is 5.88. The highest BCUT2D eigenvalue weighted by molar-refractivity contribution is 6.30. The van der Waals surface area contributed by atoms with E-state index >= 15 is 0 Å². The van der Waals surface area contributed by atoms with Gasteiger partial charge in [0.2, 0.25) is 0 Å². The van der Waals surface area contributed by atoms with Gasteiger partial charge in [-0.15, -0.1) is 0 Å². The van der Waals surface area contributed by atoms with Crippen molar-refractivity contribution in [1.29, 1.82) is 0 Å². The van der Waals surface area contributed by atoms with Crippen LogP contribution in [0.15, 0.2) is 35.4 Å². The van der Waals surface area contributed by atoms with E-state index in [9.17, 15) is 4.79 Å². The second kappa shape index (κ2) is 5.75. The molecule has 1 aromatic carbocycles. The van der Waals surface area contributed by atoms with Crippen LogP contribution < -0.4 is 16.0 Å². The van der Waals surface area contributed by atoms with Crippen molar-refractivity contribution in [2.75, 3.05) is 5.73 Å². The number of halogens is 1. The molecule has 0 aliphatic carbocycles. The third-order valence-corrected chi connectivity index (χ3v) is 2.76. The molecule has 19 heavy (non-hydrogen) atoms. The Morgan fingerprint density at radius 3 is 3.00 bits per heavy atom. The Morgan fingerprint density at radius 1 is 1.47 bits per heavy atom. The number of rotatable bonds is 4. The number of nitrogens with two attached hydrogens (primary N) is 1. The van der Waals surface area contributed by atoms with Crippen molar-refractivity contribution in [3.8, 4) is 11.6 Å². The van der Waals surface area contributed by atoms with Crippen molar-refractivity contribution in [3.63, 3.8) is 0 Å². The van der Waals surface area contributed by atoms with Crippen molar-refractivity contribution in [2.24, 2.45) is 0 Å². The first-order chi connectivity index (χ1) is 9.11. The average Bonchev–Trinajstić information content (AvgIpc) is 2.39. The van der Waals surface area contributed by atoms with Gasteiger partial charge >= 0.3 is 5.56 Å². The lowest BCUT2D eigenvalue weighted by Gasteiger charge is -2.09. The number of ether oxygens (including phenoxy) is 1. The minimum atomic E-state index is -0.288. The predicted molar refractivity (Wildman–Crippen MR) is 74.7 cm³/mol. The normalized spacial score (nSPS) is 10.4. The van der Waals surface area contributed by atoms with Gasteiger partial charge in [-0.1, -0.05) is 18.5 Å². The van der Waals surface area contributed by atoms with Crippen LogP contribution in [-0.2, 0) is 6.54 Å². The molecule has 2 rings (SSSR count). The standard InChI is InChI=1S/C13H14ClN3O2/c1-2-6-17-7-5-16-12(13(17)18)19-11-8-9(14)3-4-10(11)15/h3-5,7-8H,2,6,15H2,1H3. The summed E-state index contributed by atoms with van der Waals surface area (Å²) < 4.78 is 7.00. The number of anilines is 1. The monoisotopic (exact) mass is 279 g/mol. The molecule has 2 N–H and O–H groups in total. The highest BCUT2D eigenvalue weighted by atomic mass is 35.5. The molecule has 0 atom stereocenters. The van der Waals surface area contributed by atoms with Crippen LogP contribution in [0.4, 0.5) is 5.69 Å². The molecule has 100 valence electrons. The molecule has 1 aromatic heterocycles. The van der Waals surface area contributed by atoms with Crippen LogP contribution in [-0.4, -0.2) is 9.55 Å². The first kappa shape index (κ1) is 13.4. The Kier molecular flexibility index (Phi) is 4.06. The van der Waals surface area contributed by atoms with Crippen LogP contribution in [0.1, 0.15) is 13.3 Å². The molecule has 5 nitrogen and oxygen atoms in total. The molecule has 0 unspecified atom stereocenters. The molecule has 0 aliphatic rings. The van der Waals surface area contributed by atoms with Crippen LogP contribution in [0, 0.1) is 0 Å². The summed E-state index contributed by atoms with van der Waals surface area (Å²) in [6.45, 7) is 2.60. The molecule has 0 saturated heterocycles. The van der Waals surface area contributed by atoms with E-state index in [2.05, 4.69) is 4.98 Å². The van der Waals surface area contributed by atoms with Gasteiger partial charge in [0.1, 0.15) is 0 Å². The number of benzene rings is 1. The van der Waals surface area contributed by atoms with Gasteiger partial charge in [0, 0.05) is 30.0 Å². The lowest BCUT2D eigenvalue weighted by Crippen LogP contribution is -2.21. The summed E-state index contributed by atoms with van der Waals surface area (Å²) in [5.74, 6) is 0.316. The van der Waals surface area contributed by atoms with E-state index in [1.165, 1.54) is 6.20 Å². The van der Waals surface area contributed by atoms with Gasteiger partial charge in [-0.3, -0.25) is 4.79 Å². The third-order valence-electron chi connectivity index (χ3n) is 2.53. The second-order valence-corrected chi connectivity index (χ2v) is 4.45. The quantitative estimate of drug-likeness (QED) is 0.874. The van der Waals surface area contributed by atoms with E-state index in [0.29, 0.717) is 23.0 Å². The fraction of sp³-hybridized carbons (Fsp3) is 0.231. The van der Waals surface area contributed by atoms with Crippen molar-refractivity contribution >= 4 is 17.3 Å². The van der Waals surface area contributed by atoms with E-state index in [0.717, 1.165) is 6.42 Å². The SMILES string of the molecule is CCCn1ccnc(Oc2cc(Cl)ccc2N)c1=O. The lowest BCUT2D eigenvalue weighted by molar-refractivity contribution is 0.445. The fourth-order valence-corrected chi connectivity index (χ4v) is 1.78. The van der Waals surface area contributed by atoms with E-state index in [-0.39, 0.29) is 11.4 Å². The van der Waals surface area contributed by atoms with Gasteiger partial charge < -0.3 is 15.0 Å². The van der Waals surface area contributed by atoms with E-state index < -0.39 is 0 Å². The zero-order valence-electron chi connectivity index (χ0n) is 10.5. The lowest BCUT2D eigenvalue weighted by atomic mass is 10.3. The fourth-order valence-electron chi connectivity index (χ4n) is 1.62. The number of aryl methyl sites for hydroxylation is 1. The van der Waals surface area contributed by atoms with Crippen molar-refractivity contribution in [3.05, 3.63) is 46.0 Å². The Bertz CT molecular complexity index is 640. The Morgan fingerprint density at radius 2 is 2.26 bits per heavy atom. The van der Waals surface area contributed by atoms with Crippen LogP contribution in [0.3, 0.4) is 0 Å². The number of nitrogens with zero attached hydrogens (tertiary/aromatic N) is 2. The molecule has 0 amide bonds. The van der Waals surface area contributed by atoms with Gasteiger partial charge in [0.05, 0.1) is 5.69 Å². The Balaban J connectivity index is 2.36. The maximum atomic E-state index is 12.1. The largest absolute Gasteiger partial charge is 0.432 e. The molecule has 1 heterocycles. The maximum Gasteiger partial charge on any atom is 0.313 e. The van der Waals surface area contributed by atoms with Gasteiger partial charge in [-0.25, -0.2) is 4.98 Å². The highest BCUT2D eigenvalue weighted by Crippen LogP contribution is 2.27. The first-order valence-corrected chi connectivity index (χ1v) is 6.28. The van der Waals surface area contributed by atoms with Gasteiger partial charge in [-0.2, -0.15) is 0 Å².